The maximum absolute atomic E-state index is 13.9. The maximum atomic E-state index is 13.9. The van der Waals surface area contributed by atoms with Gasteiger partial charge in [0.1, 0.15) is 5.75 Å². The van der Waals surface area contributed by atoms with Crippen LogP contribution in [-0.2, 0) is 14.3 Å². The van der Waals surface area contributed by atoms with Crippen molar-refractivity contribution in [1.82, 2.24) is 0 Å². The molecule has 7 heteroatoms. The third-order valence-corrected chi connectivity index (χ3v) is 6.97. The molecule has 0 N–H and O–H groups in total. The fourth-order valence-corrected chi connectivity index (χ4v) is 5.51. The van der Waals surface area contributed by atoms with Crippen molar-refractivity contribution < 1.29 is 28.7 Å². The van der Waals surface area contributed by atoms with Crippen molar-refractivity contribution in [2.24, 2.45) is 11.8 Å². The van der Waals surface area contributed by atoms with Crippen LogP contribution in [0.1, 0.15) is 32.4 Å². The summed E-state index contributed by atoms with van der Waals surface area (Å²) in [6.45, 7) is 0. The molecule has 3 aliphatic rings. The monoisotopic (exact) mass is 453 g/mol. The lowest BCUT2D eigenvalue weighted by atomic mass is 9.77. The largest absolute Gasteiger partial charge is 0.495 e. The van der Waals surface area contributed by atoms with E-state index in [2.05, 4.69) is 0 Å². The number of methoxy groups -OCH3 is 1. The molecular weight excluding hydrogens is 434 g/mol. The van der Waals surface area contributed by atoms with Gasteiger partial charge in [-0.2, -0.15) is 0 Å². The minimum atomic E-state index is -2.08. The average Bonchev–Trinajstić information content (AvgIpc) is 3.44. The third kappa shape index (κ3) is 2.44. The molecule has 0 radical (unpaired) electrons. The number of amides is 2. The number of carbonyl (C=O) groups is 4. The summed E-state index contributed by atoms with van der Waals surface area (Å²) in [6.07, 6.45) is -0.940. The number of rotatable bonds is 3. The van der Waals surface area contributed by atoms with Crippen LogP contribution in [0.15, 0.2) is 78.9 Å². The van der Waals surface area contributed by atoms with Gasteiger partial charge in [-0.1, -0.05) is 66.7 Å². The highest BCUT2D eigenvalue weighted by molar-refractivity contribution is 6.37. The molecule has 2 heterocycles. The molecule has 0 unspecified atom stereocenters. The van der Waals surface area contributed by atoms with E-state index in [-0.39, 0.29) is 16.8 Å². The molecule has 2 saturated heterocycles. The second-order valence-electron chi connectivity index (χ2n) is 8.58. The molecule has 168 valence electrons. The van der Waals surface area contributed by atoms with Gasteiger partial charge >= 0.3 is 0 Å². The van der Waals surface area contributed by atoms with E-state index in [1.807, 2.05) is 6.07 Å². The van der Waals surface area contributed by atoms with Gasteiger partial charge in [-0.05, 0) is 17.7 Å². The summed E-state index contributed by atoms with van der Waals surface area (Å²) in [5.41, 5.74) is -0.786. The molecule has 3 aromatic rings. The van der Waals surface area contributed by atoms with Crippen molar-refractivity contribution in [1.29, 1.82) is 0 Å². The second-order valence-corrected chi connectivity index (χ2v) is 8.58. The van der Waals surface area contributed by atoms with E-state index >= 15 is 0 Å². The van der Waals surface area contributed by atoms with Crippen LogP contribution in [0.25, 0.3) is 0 Å². The second kappa shape index (κ2) is 7.20. The summed E-state index contributed by atoms with van der Waals surface area (Å²) in [4.78, 5) is 56.2. The van der Waals surface area contributed by atoms with E-state index in [1.54, 1.807) is 72.8 Å². The highest BCUT2D eigenvalue weighted by Crippen LogP contribution is 2.58. The fourth-order valence-electron chi connectivity index (χ4n) is 5.51. The zero-order valence-electron chi connectivity index (χ0n) is 18.1. The third-order valence-electron chi connectivity index (χ3n) is 6.97. The minimum Gasteiger partial charge on any atom is -0.495 e. The molecule has 0 aromatic heterocycles. The van der Waals surface area contributed by atoms with Gasteiger partial charge < -0.3 is 9.47 Å². The van der Waals surface area contributed by atoms with Crippen molar-refractivity contribution in [3.8, 4) is 5.75 Å². The molecule has 3 atom stereocenters. The maximum Gasteiger partial charge on any atom is 0.241 e. The predicted octanol–water partition coefficient (Wildman–Crippen LogP) is 3.39. The number of carbonyl (C=O) groups excluding carboxylic acids is 4. The Morgan fingerprint density at radius 3 is 2.00 bits per heavy atom. The van der Waals surface area contributed by atoms with Crippen molar-refractivity contribution in [2.75, 3.05) is 12.0 Å². The number of Topliss-reactive ketones (excluding diaryl/α,β-unsaturated/α-hetero) is 2. The van der Waals surface area contributed by atoms with Crippen LogP contribution in [0.5, 0.6) is 5.75 Å². The molecule has 34 heavy (non-hydrogen) atoms. The molecule has 2 aliphatic heterocycles. The zero-order valence-corrected chi connectivity index (χ0v) is 18.1. The van der Waals surface area contributed by atoms with Crippen molar-refractivity contribution in [3.05, 3.63) is 95.6 Å². The van der Waals surface area contributed by atoms with Crippen LogP contribution < -0.4 is 9.64 Å². The van der Waals surface area contributed by atoms with Crippen LogP contribution in [0, 0.1) is 11.8 Å². The van der Waals surface area contributed by atoms with E-state index in [1.165, 1.54) is 7.11 Å². The first kappa shape index (κ1) is 20.5. The van der Waals surface area contributed by atoms with Crippen molar-refractivity contribution >= 4 is 29.1 Å². The highest BCUT2D eigenvalue weighted by atomic mass is 16.5. The first-order chi connectivity index (χ1) is 16.5. The van der Waals surface area contributed by atoms with Crippen LogP contribution in [0.4, 0.5) is 5.69 Å². The van der Waals surface area contributed by atoms with Gasteiger partial charge in [-0.15, -0.1) is 0 Å². The molecule has 6 rings (SSSR count). The molecule has 1 spiro atoms. The Morgan fingerprint density at radius 2 is 1.35 bits per heavy atom. The Bertz CT molecular complexity index is 1350. The lowest BCUT2D eigenvalue weighted by molar-refractivity contribution is -0.127. The Morgan fingerprint density at radius 1 is 0.765 bits per heavy atom. The van der Waals surface area contributed by atoms with Crippen LogP contribution in [-0.4, -0.2) is 36.1 Å². The Labute approximate surface area is 194 Å². The minimum absolute atomic E-state index is 0.205. The molecule has 7 nitrogen and oxygen atoms in total. The van der Waals surface area contributed by atoms with E-state index in [0.29, 0.717) is 11.3 Å². The van der Waals surface area contributed by atoms with Crippen molar-refractivity contribution in [3.63, 3.8) is 0 Å². The smallest absolute Gasteiger partial charge is 0.241 e. The van der Waals surface area contributed by atoms with Crippen LogP contribution >= 0.6 is 0 Å². The Balaban J connectivity index is 1.56. The number of para-hydroxylation sites is 2. The van der Waals surface area contributed by atoms with E-state index < -0.39 is 46.9 Å². The summed E-state index contributed by atoms with van der Waals surface area (Å²) in [5.74, 6) is -4.32. The lowest BCUT2D eigenvalue weighted by Crippen LogP contribution is -2.51. The number of ether oxygens (including phenoxy) is 2. The van der Waals surface area contributed by atoms with Gasteiger partial charge in [0.15, 0.2) is 0 Å². The molecule has 1 aliphatic carbocycles. The number of hydrogen-bond donors (Lipinski definition) is 0. The molecular formula is C27H19NO6. The van der Waals surface area contributed by atoms with E-state index in [0.717, 1.165) is 4.90 Å². The molecule has 0 bridgehead atoms. The summed E-state index contributed by atoms with van der Waals surface area (Å²) >= 11 is 0. The highest BCUT2D eigenvalue weighted by Gasteiger charge is 2.74. The predicted molar refractivity (Wildman–Crippen MR) is 121 cm³/mol. The quantitative estimate of drug-likeness (QED) is 0.446. The van der Waals surface area contributed by atoms with Crippen molar-refractivity contribution in [2.45, 2.75) is 11.7 Å². The number of anilines is 1. The number of nitrogens with zero attached hydrogens (tertiary/aromatic N) is 1. The zero-order chi connectivity index (χ0) is 23.6. The van der Waals surface area contributed by atoms with E-state index in [4.69, 9.17) is 9.47 Å². The van der Waals surface area contributed by atoms with Crippen LogP contribution in [0.2, 0.25) is 0 Å². The van der Waals surface area contributed by atoms with Gasteiger partial charge in [-0.25, -0.2) is 4.90 Å². The number of imide groups is 1. The van der Waals surface area contributed by atoms with Gasteiger partial charge in [0, 0.05) is 11.1 Å². The van der Waals surface area contributed by atoms with E-state index in [9.17, 15) is 19.2 Å². The summed E-state index contributed by atoms with van der Waals surface area (Å²) in [7, 11) is 1.45. The number of benzene rings is 3. The normalized spacial score (nSPS) is 24.6. The molecule has 2 amide bonds. The lowest BCUT2D eigenvalue weighted by Gasteiger charge is -2.27. The Kier molecular flexibility index (Phi) is 4.34. The number of hydrogen-bond acceptors (Lipinski definition) is 6. The summed E-state index contributed by atoms with van der Waals surface area (Å²) in [6, 6.07) is 22.0. The number of ketones is 2. The average molecular weight is 453 g/mol. The standard InChI is InChI=1S/C27H19NO6/c1-33-19-14-8-7-13-18(19)28-25(31)20-21(26(28)32)27(34-22(20)15-9-3-2-4-10-15)23(29)16-11-5-6-12-17(16)24(27)30/h2-14,20-22H,1H3/t20-,21+,22-/m1/s1. The van der Waals surface area contributed by atoms with Gasteiger partial charge in [0.25, 0.3) is 0 Å². The van der Waals surface area contributed by atoms with Gasteiger partial charge in [-0.3, -0.25) is 19.2 Å². The van der Waals surface area contributed by atoms with Crippen LogP contribution in [0.3, 0.4) is 0 Å². The molecule has 2 fully saturated rings. The van der Waals surface area contributed by atoms with Gasteiger partial charge in [0.05, 0.1) is 30.7 Å². The Hall–Kier alpha value is -4.10. The van der Waals surface area contributed by atoms with Gasteiger partial charge in [0.2, 0.25) is 29.0 Å². The summed E-state index contributed by atoms with van der Waals surface area (Å²) in [5, 5.41) is 0. The first-order valence-electron chi connectivity index (χ1n) is 10.9. The first-order valence-corrected chi connectivity index (χ1v) is 10.9. The SMILES string of the molecule is COc1ccccc1N1C(=O)[C@H]2[C@@H](c3ccccc3)OC3(C(=O)c4ccccc4C3=O)[C@@H]2C1=O. The summed E-state index contributed by atoms with van der Waals surface area (Å²) < 4.78 is 11.6. The molecule has 3 aromatic carbocycles. The molecule has 0 saturated carbocycles. The number of fused-ring (bicyclic) bond motifs is 3. The topological polar surface area (TPSA) is 90.0 Å². The fraction of sp³-hybridized carbons (Fsp3) is 0.185.